The van der Waals surface area contributed by atoms with Crippen LogP contribution in [0, 0.1) is 5.82 Å². The zero-order chi connectivity index (χ0) is 10.7. The lowest BCUT2D eigenvalue weighted by Crippen LogP contribution is -2.14. The molecular weight excluding hydrogens is 203 g/mol. The van der Waals surface area contributed by atoms with Crippen LogP contribution in [-0.2, 0) is 0 Å². The van der Waals surface area contributed by atoms with Gasteiger partial charge >= 0.3 is 0 Å². The van der Waals surface area contributed by atoms with E-state index in [2.05, 4.69) is 0 Å². The second-order valence-corrected chi connectivity index (χ2v) is 3.85. The van der Waals surface area contributed by atoms with Crippen LogP contribution in [0.5, 0.6) is 0 Å². The first-order valence-electron chi connectivity index (χ1n) is 4.69. The second-order valence-electron chi connectivity index (χ2n) is 3.44. The van der Waals surface area contributed by atoms with Crippen molar-refractivity contribution in [2.24, 2.45) is 0 Å². The van der Waals surface area contributed by atoms with Crippen molar-refractivity contribution in [1.82, 2.24) is 0 Å². The molecule has 0 fully saturated rings. The zero-order valence-electron chi connectivity index (χ0n) is 8.30. The summed E-state index contributed by atoms with van der Waals surface area (Å²) < 4.78 is 12.9. The highest BCUT2D eigenvalue weighted by atomic mass is 35.5. The van der Waals surface area contributed by atoms with Gasteiger partial charge in [0.15, 0.2) is 0 Å². The first kappa shape index (κ1) is 11.5. The lowest BCUT2D eigenvalue weighted by atomic mass is 9.94. The van der Waals surface area contributed by atoms with E-state index >= 15 is 0 Å². The predicted molar refractivity (Wildman–Crippen MR) is 56.1 cm³/mol. The van der Waals surface area contributed by atoms with E-state index in [1.54, 1.807) is 12.1 Å². The largest absolute Gasteiger partial charge is 0.393 e. The second kappa shape index (κ2) is 4.76. The van der Waals surface area contributed by atoms with Crippen LogP contribution in [-0.4, -0.2) is 11.2 Å². The molecule has 3 heteroatoms. The van der Waals surface area contributed by atoms with Crippen molar-refractivity contribution in [2.45, 2.75) is 32.3 Å². The quantitative estimate of drug-likeness (QED) is 0.822. The molecule has 1 N–H and O–H groups in total. The monoisotopic (exact) mass is 216 g/mol. The summed E-state index contributed by atoms with van der Waals surface area (Å²) in [5, 5.41) is 9.71. The van der Waals surface area contributed by atoms with E-state index in [-0.39, 0.29) is 10.9 Å². The van der Waals surface area contributed by atoms with E-state index in [1.807, 2.05) is 13.8 Å². The van der Waals surface area contributed by atoms with Gasteiger partial charge in [0.05, 0.1) is 11.1 Å². The Morgan fingerprint density at radius 3 is 2.64 bits per heavy atom. The maximum atomic E-state index is 12.9. The van der Waals surface area contributed by atoms with E-state index < -0.39 is 11.9 Å². The maximum absolute atomic E-state index is 12.9. The molecule has 0 saturated heterocycles. The minimum atomic E-state index is -0.423. The standard InChI is InChI=1S/C11H14ClFO/c1-3-11(14)7(2)8-4-5-10(13)9(12)6-8/h4-7,11,14H,3H2,1-2H3. The molecule has 0 aliphatic heterocycles. The number of benzene rings is 1. The third-order valence-corrected chi connectivity index (χ3v) is 2.75. The van der Waals surface area contributed by atoms with Crippen LogP contribution < -0.4 is 0 Å². The Morgan fingerprint density at radius 1 is 1.50 bits per heavy atom. The molecule has 0 radical (unpaired) electrons. The molecule has 0 aliphatic rings. The number of hydrogen-bond donors (Lipinski definition) is 1. The van der Waals surface area contributed by atoms with E-state index in [0.717, 1.165) is 5.56 Å². The average Bonchev–Trinajstić information content (AvgIpc) is 2.20. The molecule has 0 saturated carbocycles. The summed E-state index contributed by atoms with van der Waals surface area (Å²) >= 11 is 5.65. The number of aliphatic hydroxyl groups is 1. The molecule has 0 heterocycles. The van der Waals surface area contributed by atoms with Crippen molar-refractivity contribution in [1.29, 1.82) is 0 Å². The lowest BCUT2D eigenvalue weighted by Gasteiger charge is -2.17. The topological polar surface area (TPSA) is 20.2 Å². The third kappa shape index (κ3) is 2.46. The molecule has 14 heavy (non-hydrogen) atoms. The van der Waals surface area contributed by atoms with Gasteiger partial charge in [-0.05, 0) is 24.1 Å². The molecule has 78 valence electrons. The molecule has 0 aromatic heterocycles. The van der Waals surface area contributed by atoms with Gasteiger partial charge in [-0.1, -0.05) is 31.5 Å². The highest BCUT2D eigenvalue weighted by Crippen LogP contribution is 2.25. The summed E-state index contributed by atoms with van der Waals surface area (Å²) in [4.78, 5) is 0. The summed E-state index contributed by atoms with van der Waals surface area (Å²) in [5.41, 5.74) is 0.866. The van der Waals surface area contributed by atoms with Crippen LogP contribution in [0.1, 0.15) is 31.7 Å². The van der Waals surface area contributed by atoms with Crippen LogP contribution in [0.4, 0.5) is 4.39 Å². The molecule has 0 aliphatic carbocycles. The Bertz CT molecular complexity index is 314. The van der Waals surface area contributed by atoms with Crippen molar-refractivity contribution in [2.75, 3.05) is 0 Å². The molecule has 1 nitrogen and oxygen atoms in total. The lowest BCUT2D eigenvalue weighted by molar-refractivity contribution is 0.145. The van der Waals surface area contributed by atoms with E-state index in [9.17, 15) is 9.50 Å². The Labute approximate surface area is 88.5 Å². The SMILES string of the molecule is CCC(O)C(C)c1ccc(F)c(Cl)c1. The molecule has 0 amide bonds. The zero-order valence-corrected chi connectivity index (χ0v) is 9.05. The molecule has 2 unspecified atom stereocenters. The minimum absolute atomic E-state index is 0.0156. The average molecular weight is 217 g/mol. The van der Waals surface area contributed by atoms with Gasteiger partial charge in [0, 0.05) is 5.92 Å². The van der Waals surface area contributed by atoms with Crippen molar-refractivity contribution in [3.05, 3.63) is 34.6 Å². The van der Waals surface area contributed by atoms with Gasteiger partial charge < -0.3 is 5.11 Å². The van der Waals surface area contributed by atoms with E-state index in [1.165, 1.54) is 6.07 Å². The highest BCUT2D eigenvalue weighted by molar-refractivity contribution is 6.30. The molecule has 0 spiro atoms. The van der Waals surface area contributed by atoms with Gasteiger partial charge in [0.1, 0.15) is 5.82 Å². The summed E-state index contributed by atoms with van der Waals surface area (Å²) in [6.45, 7) is 3.81. The van der Waals surface area contributed by atoms with Crippen LogP contribution in [0.15, 0.2) is 18.2 Å². The van der Waals surface area contributed by atoms with Crippen molar-refractivity contribution in [3.63, 3.8) is 0 Å². The van der Waals surface area contributed by atoms with Crippen LogP contribution >= 0.6 is 11.6 Å². The number of aliphatic hydroxyl groups excluding tert-OH is 1. The van der Waals surface area contributed by atoms with Crippen LogP contribution in [0.2, 0.25) is 5.02 Å². The van der Waals surface area contributed by atoms with Gasteiger partial charge in [-0.3, -0.25) is 0 Å². The summed E-state index contributed by atoms with van der Waals surface area (Å²) in [6.07, 6.45) is 0.271. The first-order valence-corrected chi connectivity index (χ1v) is 5.07. The van der Waals surface area contributed by atoms with Gasteiger partial charge in [-0.25, -0.2) is 4.39 Å². The normalized spacial score (nSPS) is 15.2. The van der Waals surface area contributed by atoms with Gasteiger partial charge in [-0.15, -0.1) is 0 Å². The van der Waals surface area contributed by atoms with Crippen molar-refractivity contribution < 1.29 is 9.50 Å². The van der Waals surface area contributed by atoms with Crippen molar-refractivity contribution >= 4 is 11.6 Å². The van der Waals surface area contributed by atoms with Crippen LogP contribution in [0.3, 0.4) is 0 Å². The molecular formula is C11H14ClFO. The van der Waals surface area contributed by atoms with E-state index in [0.29, 0.717) is 6.42 Å². The Morgan fingerprint density at radius 2 is 2.14 bits per heavy atom. The number of halogens is 2. The number of rotatable bonds is 3. The van der Waals surface area contributed by atoms with Crippen molar-refractivity contribution in [3.8, 4) is 0 Å². The molecule has 1 aromatic rings. The molecule has 2 atom stereocenters. The predicted octanol–water partition coefficient (Wildman–Crippen LogP) is 3.35. The Balaban J connectivity index is 2.91. The fraction of sp³-hybridized carbons (Fsp3) is 0.455. The molecule has 0 bridgehead atoms. The van der Waals surface area contributed by atoms with Crippen LogP contribution in [0.25, 0.3) is 0 Å². The summed E-state index contributed by atoms with van der Waals surface area (Å²) in [7, 11) is 0. The summed E-state index contributed by atoms with van der Waals surface area (Å²) in [5.74, 6) is -0.438. The Kier molecular flexibility index (Phi) is 3.90. The fourth-order valence-corrected chi connectivity index (χ4v) is 1.56. The fourth-order valence-electron chi connectivity index (χ4n) is 1.37. The third-order valence-electron chi connectivity index (χ3n) is 2.46. The Hall–Kier alpha value is -0.600. The smallest absolute Gasteiger partial charge is 0.141 e. The summed E-state index contributed by atoms with van der Waals surface area (Å²) in [6, 6.07) is 4.56. The highest BCUT2D eigenvalue weighted by Gasteiger charge is 2.15. The molecule has 1 aromatic carbocycles. The van der Waals surface area contributed by atoms with Gasteiger partial charge in [0.25, 0.3) is 0 Å². The maximum Gasteiger partial charge on any atom is 0.141 e. The van der Waals surface area contributed by atoms with Gasteiger partial charge in [0.2, 0.25) is 0 Å². The van der Waals surface area contributed by atoms with Gasteiger partial charge in [-0.2, -0.15) is 0 Å². The minimum Gasteiger partial charge on any atom is -0.393 e. The van der Waals surface area contributed by atoms with E-state index in [4.69, 9.17) is 11.6 Å². The first-order chi connectivity index (χ1) is 6.56. The number of hydrogen-bond acceptors (Lipinski definition) is 1. The molecule has 1 rings (SSSR count).